The molecule has 0 aromatic heterocycles. The third kappa shape index (κ3) is 4.63. The monoisotopic (exact) mass is 443 g/mol. The molecular weight excluding hydrogens is 413 g/mol. The Morgan fingerprint density at radius 1 is 1.25 bits per heavy atom. The van der Waals surface area contributed by atoms with Crippen molar-refractivity contribution < 1.29 is 4.74 Å². The summed E-state index contributed by atoms with van der Waals surface area (Å²) in [6.07, 6.45) is 5.16. The van der Waals surface area contributed by atoms with E-state index in [1.54, 1.807) is 0 Å². The maximum absolute atomic E-state index is 5.74. The molecule has 0 bridgehead atoms. The number of ether oxygens (including phenoxy) is 1. The van der Waals surface area contributed by atoms with E-state index in [0.717, 1.165) is 45.0 Å². The number of guanidine groups is 1. The Morgan fingerprint density at radius 3 is 2.46 bits per heavy atom. The first-order valence-electron chi connectivity index (χ1n) is 8.90. The minimum Gasteiger partial charge on any atom is -0.378 e. The van der Waals surface area contributed by atoms with Crippen LogP contribution in [0.2, 0.25) is 0 Å². The number of piperidine rings is 1. The van der Waals surface area contributed by atoms with E-state index < -0.39 is 0 Å². The summed E-state index contributed by atoms with van der Waals surface area (Å²) in [5.41, 5.74) is 1.78. The zero-order valence-corrected chi connectivity index (χ0v) is 17.2. The van der Waals surface area contributed by atoms with Crippen LogP contribution in [0.15, 0.2) is 35.3 Å². The maximum Gasteiger partial charge on any atom is 0.193 e. The number of nitrogens with one attached hydrogen (secondary N) is 1. The average Bonchev–Trinajstić information content (AvgIpc) is 3.39. The van der Waals surface area contributed by atoms with Crippen LogP contribution in [0.1, 0.15) is 38.2 Å². The molecule has 5 heteroatoms. The Balaban J connectivity index is 0.00000208. The molecule has 1 aromatic rings. The van der Waals surface area contributed by atoms with E-state index in [1.807, 2.05) is 7.05 Å². The molecular formula is C19H30IN3O. The quantitative estimate of drug-likeness (QED) is 0.431. The van der Waals surface area contributed by atoms with Crippen LogP contribution >= 0.6 is 24.0 Å². The fourth-order valence-electron chi connectivity index (χ4n) is 3.56. The lowest BCUT2D eigenvalue weighted by Gasteiger charge is -2.34. The molecule has 1 saturated carbocycles. The van der Waals surface area contributed by atoms with Crippen molar-refractivity contribution in [1.29, 1.82) is 0 Å². The van der Waals surface area contributed by atoms with Crippen molar-refractivity contribution in [1.82, 2.24) is 10.2 Å². The van der Waals surface area contributed by atoms with E-state index in [2.05, 4.69) is 52.5 Å². The van der Waals surface area contributed by atoms with Crippen molar-refractivity contribution in [3.05, 3.63) is 35.9 Å². The topological polar surface area (TPSA) is 36.9 Å². The van der Waals surface area contributed by atoms with Crippen molar-refractivity contribution in [3.8, 4) is 0 Å². The van der Waals surface area contributed by atoms with Crippen LogP contribution in [0.5, 0.6) is 0 Å². The number of hydrogen-bond acceptors (Lipinski definition) is 2. The maximum atomic E-state index is 5.74. The van der Waals surface area contributed by atoms with Crippen molar-refractivity contribution in [2.45, 2.75) is 44.1 Å². The molecule has 0 spiro atoms. The second-order valence-electron chi connectivity index (χ2n) is 6.69. The highest BCUT2D eigenvalue weighted by atomic mass is 127. The molecule has 1 heterocycles. The molecule has 134 valence electrons. The summed E-state index contributed by atoms with van der Waals surface area (Å²) < 4.78 is 5.74. The number of hydrogen-bond donors (Lipinski definition) is 1. The number of halogens is 1. The van der Waals surface area contributed by atoms with Crippen LogP contribution in [0.3, 0.4) is 0 Å². The summed E-state index contributed by atoms with van der Waals surface area (Å²) in [6, 6.07) is 10.9. The van der Waals surface area contributed by atoms with Crippen molar-refractivity contribution in [3.63, 3.8) is 0 Å². The minimum absolute atomic E-state index is 0. The fraction of sp³-hybridized carbons (Fsp3) is 0.632. The lowest BCUT2D eigenvalue weighted by atomic mass is 9.96. The molecule has 0 atom stereocenters. The molecule has 4 nitrogen and oxygen atoms in total. The summed E-state index contributed by atoms with van der Waals surface area (Å²) in [5.74, 6) is 1.04. The van der Waals surface area contributed by atoms with Crippen LogP contribution in [-0.4, -0.2) is 50.3 Å². The highest BCUT2D eigenvalue weighted by molar-refractivity contribution is 14.0. The molecule has 24 heavy (non-hydrogen) atoms. The Hall–Kier alpha value is -0.820. The van der Waals surface area contributed by atoms with Gasteiger partial charge in [0.15, 0.2) is 5.96 Å². The van der Waals surface area contributed by atoms with Crippen molar-refractivity contribution in [2.75, 3.05) is 33.3 Å². The summed E-state index contributed by atoms with van der Waals surface area (Å²) >= 11 is 0. The van der Waals surface area contributed by atoms with Gasteiger partial charge in [0.25, 0.3) is 0 Å². The van der Waals surface area contributed by atoms with Crippen LogP contribution in [0.4, 0.5) is 0 Å². The van der Waals surface area contributed by atoms with E-state index >= 15 is 0 Å². The first-order valence-corrected chi connectivity index (χ1v) is 8.90. The van der Waals surface area contributed by atoms with Gasteiger partial charge in [-0.2, -0.15) is 0 Å². The number of likely N-dealkylation sites (tertiary alicyclic amines) is 1. The lowest BCUT2D eigenvalue weighted by molar-refractivity contribution is 0.0263. The van der Waals surface area contributed by atoms with Crippen molar-refractivity contribution >= 4 is 29.9 Å². The largest absolute Gasteiger partial charge is 0.378 e. The second kappa shape index (κ2) is 9.04. The van der Waals surface area contributed by atoms with Gasteiger partial charge in [0, 0.05) is 38.7 Å². The molecule has 0 unspecified atom stereocenters. The highest BCUT2D eigenvalue weighted by Crippen LogP contribution is 2.47. The molecule has 3 rings (SSSR count). The summed E-state index contributed by atoms with van der Waals surface area (Å²) in [5, 5.41) is 3.62. The summed E-state index contributed by atoms with van der Waals surface area (Å²) in [6.45, 7) is 5.93. The van der Waals surface area contributed by atoms with E-state index in [0.29, 0.717) is 11.5 Å². The molecule has 2 aliphatic rings. The predicted molar refractivity (Wildman–Crippen MR) is 110 cm³/mol. The van der Waals surface area contributed by atoms with E-state index in [4.69, 9.17) is 4.74 Å². The van der Waals surface area contributed by atoms with Crippen LogP contribution in [0.25, 0.3) is 0 Å². The highest BCUT2D eigenvalue weighted by Gasteiger charge is 2.44. The van der Waals surface area contributed by atoms with Gasteiger partial charge in [-0.05, 0) is 38.2 Å². The summed E-state index contributed by atoms with van der Waals surface area (Å²) in [4.78, 5) is 6.87. The van der Waals surface area contributed by atoms with E-state index in [9.17, 15) is 0 Å². The normalized spacial score (nSPS) is 20.4. The zero-order chi connectivity index (χ0) is 16.1. The number of rotatable bonds is 5. The average molecular weight is 443 g/mol. The predicted octanol–water partition coefficient (Wildman–Crippen LogP) is 3.41. The van der Waals surface area contributed by atoms with Gasteiger partial charge in [-0.3, -0.25) is 4.99 Å². The third-order valence-corrected chi connectivity index (χ3v) is 5.18. The van der Waals surface area contributed by atoms with Gasteiger partial charge in [-0.25, -0.2) is 0 Å². The van der Waals surface area contributed by atoms with Gasteiger partial charge in [0.05, 0.1) is 6.10 Å². The lowest BCUT2D eigenvalue weighted by Crippen LogP contribution is -2.48. The van der Waals surface area contributed by atoms with Gasteiger partial charge in [-0.15, -0.1) is 24.0 Å². The molecule has 1 aromatic carbocycles. The Kier molecular flexibility index (Phi) is 7.34. The smallest absolute Gasteiger partial charge is 0.193 e. The van der Waals surface area contributed by atoms with Crippen LogP contribution in [-0.2, 0) is 10.2 Å². The molecule has 0 amide bonds. The number of aliphatic imine (C=N–C) groups is 1. The van der Waals surface area contributed by atoms with E-state index in [1.165, 1.54) is 18.4 Å². The van der Waals surface area contributed by atoms with Gasteiger partial charge >= 0.3 is 0 Å². The molecule has 1 N–H and O–H groups in total. The van der Waals surface area contributed by atoms with E-state index in [-0.39, 0.29) is 24.0 Å². The summed E-state index contributed by atoms with van der Waals surface area (Å²) in [7, 11) is 1.89. The molecule has 0 radical (unpaired) electrons. The fourth-order valence-corrected chi connectivity index (χ4v) is 3.56. The second-order valence-corrected chi connectivity index (χ2v) is 6.69. The van der Waals surface area contributed by atoms with Crippen LogP contribution in [0, 0.1) is 0 Å². The van der Waals surface area contributed by atoms with Crippen LogP contribution < -0.4 is 5.32 Å². The Labute approximate surface area is 163 Å². The zero-order valence-electron chi connectivity index (χ0n) is 14.8. The number of benzene rings is 1. The SMILES string of the molecule is CCOC1CCN(C(=NC)NCC2(c3ccccc3)CC2)CC1.I. The van der Waals surface area contributed by atoms with Gasteiger partial charge in [0.1, 0.15) is 0 Å². The van der Waals surface area contributed by atoms with Crippen molar-refractivity contribution in [2.24, 2.45) is 4.99 Å². The molecule has 2 fully saturated rings. The Morgan fingerprint density at radius 2 is 1.92 bits per heavy atom. The molecule has 1 aliphatic carbocycles. The molecule has 1 saturated heterocycles. The minimum atomic E-state index is 0. The Bertz CT molecular complexity index is 523. The van der Waals surface area contributed by atoms with Gasteiger partial charge in [-0.1, -0.05) is 30.3 Å². The van der Waals surface area contributed by atoms with Gasteiger partial charge < -0.3 is 15.0 Å². The molecule has 1 aliphatic heterocycles. The standard InChI is InChI=1S/C19H29N3O.HI/c1-3-23-17-9-13-22(14-10-17)18(20-2)21-15-19(11-12-19)16-7-5-4-6-8-16;/h4-8,17H,3,9-15H2,1-2H3,(H,20,21);1H. The first-order chi connectivity index (χ1) is 11.3. The van der Waals surface area contributed by atoms with Gasteiger partial charge in [0.2, 0.25) is 0 Å². The first kappa shape index (κ1) is 19.5. The third-order valence-electron chi connectivity index (χ3n) is 5.18. The number of nitrogens with zero attached hydrogens (tertiary/aromatic N) is 2.